The van der Waals surface area contributed by atoms with Crippen LogP contribution in [0.2, 0.25) is 5.02 Å². The normalized spacial score (nSPS) is 14.6. The minimum atomic E-state index is 0.714. The van der Waals surface area contributed by atoms with E-state index in [4.69, 9.17) is 21.1 Å². The van der Waals surface area contributed by atoms with Crippen molar-refractivity contribution in [2.24, 2.45) is 5.92 Å². The quantitative estimate of drug-likeness (QED) is 0.826. The summed E-state index contributed by atoms with van der Waals surface area (Å²) < 4.78 is 11.3. The first-order valence-corrected chi connectivity index (χ1v) is 6.76. The predicted octanol–water partition coefficient (Wildman–Crippen LogP) is 2.90. The Bertz CT molecular complexity index is 405. The van der Waals surface area contributed by atoms with Crippen molar-refractivity contribution in [3.05, 3.63) is 22.7 Å². The zero-order valence-electron chi connectivity index (χ0n) is 11.0. The number of nitrogens with one attached hydrogen (secondary N) is 1. The van der Waals surface area contributed by atoms with Gasteiger partial charge in [0.2, 0.25) is 0 Å². The third kappa shape index (κ3) is 3.30. The van der Waals surface area contributed by atoms with Crippen LogP contribution in [0, 0.1) is 5.92 Å². The van der Waals surface area contributed by atoms with Gasteiger partial charge in [-0.15, -0.1) is 0 Å². The lowest BCUT2D eigenvalue weighted by molar-refractivity contribution is 0.277. The minimum absolute atomic E-state index is 0.714. The molecule has 0 bridgehead atoms. The van der Waals surface area contributed by atoms with Crippen LogP contribution in [0.3, 0.4) is 0 Å². The first-order chi connectivity index (χ1) is 8.76. The number of ether oxygens (including phenoxy) is 2. The van der Waals surface area contributed by atoms with E-state index in [2.05, 4.69) is 5.32 Å². The van der Waals surface area contributed by atoms with Crippen LogP contribution in [0.25, 0.3) is 0 Å². The van der Waals surface area contributed by atoms with E-state index in [0.717, 1.165) is 41.7 Å². The fraction of sp³-hybridized carbons (Fsp3) is 0.571. The van der Waals surface area contributed by atoms with Gasteiger partial charge in [-0.1, -0.05) is 11.6 Å². The third-order valence-corrected chi connectivity index (χ3v) is 3.53. The van der Waals surface area contributed by atoms with Gasteiger partial charge >= 0.3 is 0 Å². The summed E-state index contributed by atoms with van der Waals surface area (Å²) in [7, 11) is 3.59. The molecule has 100 valence electrons. The summed E-state index contributed by atoms with van der Waals surface area (Å²) in [6, 6.07) is 3.74. The maximum Gasteiger partial charge on any atom is 0.165 e. The Hall–Kier alpha value is -0.930. The maximum atomic E-state index is 6.26. The maximum absolute atomic E-state index is 6.26. The van der Waals surface area contributed by atoms with Crippen molar-refractivity contribution in [2.75, 3.05) is 27.3 Å². The summed E-state index contributed by atoms with van der Waals surface area (Å²) in [6.07, 6.45) is 3.38. The van der Waals surface area contributed by atoms with Crippen molar-refractivity contribution in [1.29, 1.82) is 0 Å². The molecule has 1 aliphatic rings. The van der Waals surface area contributed by atoms with Gasteiger partial charge in [0.1, 0.15) is 0 Å². The van der Waals surface area contributed by atoms with Crippen molar-refractivity contribution in [1.82, 2.24) is 5.32 Å². The first-order valence-electron chi connectivity index (χ1n) is 6.39. The molecule has 0 saturated heterocycles. The van der Waals surface area contributed by atoms with Gasteiger partial charge in [-0.25, -0.2) is 0 Å². The van der Waals surface area contributed by atoms with Crippen molar-refractivity contribution >= 4 is 11.6 Å². The highest BCUT2D eigenvalue weighted by molar-refractivity contribution is 6.31. The molecule has 0 radical (unpaired) electrons. The molecule has 0 amide bonds. The second-order valence-corrected chi connectivity index (χ2v) is 5.07. The first kappa shape index (κ1) is 13.5. The predicted molar refractivity (Wildman–Crippen MR) is 73.9 cm³/mol. The van der Waals surface area contributed by atoms with Gasteiger partial charge in [-0.2, -0.15) is 0 Å². The summed E-state index contributed by atoms with van der Waals surface area (Å²) in [5.74, 6) is 2.30. The lowest BCUT2D eigenvalue weighted by Crippen LogP contribution is -2.12. The molecule has 0 spiro atoms. The van der Waals surface area contributed by atoms with Crippen LogP contribution in [0.15, 0.2) is 12.1 Å². The van der Waals surface area contributed by atoms with E-state index in [0.29, 0.717) is 5.92 Å². The third-order valence-electron chi connectivity index (χ3n) is 3.17. The second kappa shape index (κ2) is 6.30. The van der Waals surface area contributed by atoms with Crippen LogP contribution in [0.1, 0.15) is 18.4 Å². The summed E-state index contributed by atoms with van der Waals surface area (Å²) in [5.41, 5.74) is 1.03. The standard InChI is InChI=1S/C14H20ClNO2/c1-16-8-7-11-12(15)5-6-13(17-2)14(11)18-9-10-3-4-10/h5-6,10,16H,3-4,7-9H2,1-2H3. The number of halogens is 1. The van der Waals surface area contributed by atoms with Crippen LogP contribution < -0.4 is 14.8 Å². The summed E-state index contributed by atoms with van der Waals surface area (Å²) in [5, 5.41) is 3.88. The Morgan fingerprint density at radius 1 is 1.39 bits per heavy atom. The average Bonchev–Trinajstić information content (AvgIpc) is 3.19. The Morgan fingerprint density at radius 3 is 2.78 bits per heavy atom. The lowest BCUT2D eigenvalue weighted by Gasteiger charge is -2.16. The fourth-order valence-electron chi connectivity index (χ4n) is 1.87. The van der Waals surface area contributed by atoms with E-state index in [1.54, 1.807) is 7.11 Å². The van der Waals surface area contributed by atoms with E-state index in [-0.39, 0.29) is 0 Å². The average molecular weight is 270 g/mol. The largest absolute Gasteiger partial charge is 0.493 e. The van der Waals surface area contributed by atoms with Gasteiger partial charge in [0, 0.05) is 10.6 Å². The zero-order chi connectivity index (χ0) is 13.0. The van der Waals surface area contributed by atoms with Gasteiger partial charge in [-0.05, 0) is 50.9 Å². The lowest BCUT2D eigenvalue weighted by atomic mass is 10.1. The summed E-state index contributed by atoms with van der Waals surface area (Å²) >= 11 is 6.26. The highest BCUT2D eigenvalue weighted by atomic mass is 35.5. The van der Waals surface area contributed by atoms with Crippen LogP contribution in [0.5, 0.6) is 11.5 Å². The number of hydrogen-bond donors (Lipinski definition) is 1. The summed E-state index contributed by atoms with van der Waals surface area (Å²) in [6.45, 7) is 1.63. The van der Waals surface area contributed by atoms with Crippen LogP contribution in [-0.4, -0.2) is 27.3 Å². The Kier molecular flexibility index (Phi) is 4.72. The van der Waals surface area contributed by atoms with Crippen LogP contribution in [-0.2, 0) is 6.42 Å². The van der Waals surface area contributed by atoms with E-state index in [1.165, 1.54) is 12.8 Å². The number of benzene rings is 1. The van der Waals surface area contributed by atoms with E-state index < -0.39 is 0 Å². The van der Waals surface area contributed by atoms with Gasteiger partial charge in [0.05, 0.1) is 13.7 Å². The molecule has 2 rings (SSSR count). The molecule has 0 atom stereocenters. The molecule has 1 aliphatic carbocycles. The van der Waals surface area contributed by atoms with Crippen molar-refractivity contribution in [3.8, 4) is 11.5 Å². The fourth-order valence-corrected chi connectivity index (χ4v) is 2.11. The van der Waals surface area contributed by atoms with Crippen LogP contribution in [0.4, 0.5) is 0 Å². The van der Waals surface area contributed by atoms with Crippen molar-refractivity contribution in [2.45, 2.75) is 19.3 Å². The van der Waals surface area contributed by atoms with Gasteiger partial charge in [-0.3, -0.25) is 0 Å². The van der Waals surface area contributed by atoms with Gasteiger partial charge < -0.3 is 14.8 Å². The molecule has 1 aromatic carbocycles. The molecule has 1 saturated carbocycles. The van der Waals surface area contributed by atoms with Gasteiger partial charge in [0.15, 0.2) is 11.5 Å². The molecular formula is C14H20ClNO2. The Balaban J connectivity index is 2.20. The van der Waals surface area contributed by atoms with Crippen molar-refractivity contribution < 1.29 is 9.47 Å². The van der Waals surface area contributed by atoms with E-state index in [1.807, 2.05) is 19.2 Å². The van der Waals surface area contributed by atoms with E-state index in [9.17, 15) is 0 Å². The SMILES string of the molecule is CNCCc1c(Cl)ccc(OC)c1OCC1CC1. The monoisotopic (exact) mass is 269 g/mol. The molecule has 4 heteroatoms. The number of methoxy groups -OCH3 is 1. The molecule has 1 fully saturated rings. The molecule has 1 aromatic rings. The number of hydrogen-bond acceptors (Lipinski definition) is 3. The summed E-state index contributed by atoms with van der Waals surface area (Å²) in [4.78, 5) is 0. The number of rotatable bonds is 7. The molecule has 1 N–H and O–H groups in total. The molecule has 3 nitrogen and oxygen atoms in total. The Labute approximate surface area is 113 Å². The molecule has 18 heavy (non-hydrogen) atoms. The topological polar surface area (TPSA) is 30.5 Å². The molecule has 0 aromatic heterocycles. The molecule has 0 aliphatic heterocycles. The molecule has 0 unspecified atom stereocenters. The minimum Gasteiger partial charge on any atom is -0.493 e. The van der Waals surface area contributed by atoms with Crippen LogP contribution >= 0.6 is 11.6 Å². The Morgan fingerprint density at radius 2 is 2.17 bits per heavy atom. The highest BCUT2D eigenvalue weighted by Gasteiger charge is 2.24. The van der Waals surface area contributed by atoms with Gasteiger partial charge in [0.25, 0.3) is 0 Å². The second-order valence-electron chi connectivity index (χ2n) is 4.67. The van der Waals surface area contributed by atoms with E-state index >= 15 is 0 Å². The number of likely N-dealkylation sites (N-methyl/N-ethyl adjacent to an activating group) is 1. The van der Waals surface area contributed by atoms with Crippen molar-refractivity contribution in [3.63, 3.8) is 0 Å². The smallest absolute Gasteiger partial charge is 0.165 e. The highest BCUT2D eigenvalue weighted by Crippen LogP contribution is 2.38. The molecule has 0 heterocycles. The zero-order valence-corrected chi connectivity index (χ0v) is 11.7. The molecular weight excluding hydrogens is 250 g/mol.